The van der Waals surface area contributed by atoms with Gasteiger partial charge in [0.05, 0.1) is 0 Å². The Morgan fingerprint density at radius 3 is 2.32 bits per heavy atom. The number of aliphatic carboxylic acids is 2. The van der Waals surface area contributed by atoms with Crippen LogP contribution in [0.25, 0.3) is 0 Å². The third kappa shape index (κ3) is 5.91. The van der Waals surface area contributed by atoms with Gasteiger partial charge in [-0.05, 0) is 12.1 Å². The summed E-state index contributed by atoms with van der Waals surface area (Å²) in [5.74, 6) is -3.17. The Labute approximate surface area is 113 Å². The first kappa shape index (κ1) is 15.0. The molecule has 0 fully saturated rings. The number of hydrogen-bond donors (Lipinski definition) is 3. The fourth-order valence-electron chi connectivity index (χ4n) is 1.25. The van der Waals surface area contributed by atoms with Gasteiger partial charge in [0, 0.05) is 10.6 Å². The molecule has 1 rings (SSSR count). The van der Waals surface area contributed by atoms with Crippen LogP contribution in [-0.2, 0) is 14.4 Å². The number of thioether (sulfide) groups is 1. The lowest BCUT2D eigenvalue weighted by Crippen LogP contribution is -2.43. The van der Waals surface area contributed by atoms with Gasteiger partial charge in [-0.1, -0.05) is 18.2 Å². The molecule has 1 unspecified atom stereocenters. The molecule has 0 spiro atoms. The third-order valence-corrected chi connectivity index (χ3v) is 3.21. The Morgan fingerprint density at radius 2 is 1.79 bits per heavy atom. The summed E-state index contributed by atoms with van der Waals surface area (Å²) in [7, 11) is 0. The number of carboxylic acid groups (broad SMARTS) is 2. The maximum Gasteiger partial charge on any atom is 0.327 e. The van der Waals surface area contributed by atoms with E-state index < -0.39 is 30.3 Å². The maximum atomic E-state index is 11.2. The lowest BCUT2D eigenvalue weighted by Gasteiger charge is -2.13. The first-order valence-corrected chi connectivity index (χ1v) is 6.39. The van der Waals surface area contributed by atoms with Crippen molar-refractivity contribution in [3.8, 4) is 0 Å². The smallest absolute Gasteiger partial charge is 0.327 e. The summed E-state index contributed by atoms with van der Waals surface area (Å²) in [5.41, 5.74) is 0. The Kier molecular flexibility index (Phi) is 5.87. The summed E-state index contributed by atoms with van der Waals surface area (Å²) >= 11 is 1.27. The molecule has 3 N–H and O–H groups in total. The van der Waals surface area contributed by atoms with Crippen LogP contribution in [-0.4, -0.2) is 39.9 Å². The van der Waals surface area contributed by atoms with Crippen LogP contribution in [0, 0.1) is 0 Å². The number of nitrogens with one attached hydrogen (secondary N) is 1. The van der Waals surface area contributed by atoms with Crippen LogP contribution in [0.4, 0.5) is 0 Å². The van der Waals surface area contributed by atoms with Crippen molar-refractivity contribution >= 4 is 29.6 Å². The van der Waals surface area contributed by atoms with Crippen molar-refractivity contribution in [3.63, 3.8) is 0 Å². The molecule has 0 aromatic heterocycles. The molecule has 1 amide bonds. The van der Waals surface area contributed by atoms with E-state index in [1.165, 1.54) is 11.8 Å². The molecule has 0 aliphatic carbocycles. The SMILES string of the molecule is O=C(O)CC(=O)NC(CSc1ccccc1)C(=O)O. The lowest BCUT2D eigenvalue weighted by atomic mass is 10.3. The monoisotopic (exact) mass is 283 g/mol. The van der Waals surface area contributed by atoms with Gasteiger partial charge in [-0.2, -0.15) is 0 Å². The van der Waals surface area contributed by atoms with Crippen molar-refractivity contribution < 1.29 is 24.6 Å². The molecular formula is C12H13NO5S. The Morgan fingerprint density at radius 1 is 1.16 bits per heavy atom. The van der Waals surface area contributed by atoms with Gasteiger partial charge < -0.3 is 15.5 Å². The molecule has 1 atom stereocenters. The van der Waals surface area contributed by atoms with E-state index in [0.29, 0.717) is 0 Å². The second-order valence-corrected chi connectivity index (χ2v) is 4.75. The first-order chi connectivity index (χ1) is 8.99. The van der Waals surface area contributed by atoms with Crippen molar-refractivity contribution in [1.29, 1.82) is 0 Å². The van der Waals surface area contributed by atoms with Gasteiger partial charge in [-0.25, -0.2) is 4.79 Å². The van der Waals surface area contributed by atoms with E-state index in [2.05, 4.69) is 5.32 Å². The maximum absolute atomic E-state index is 11.2. The van der Waals surface area contributed by atoms with Crippen molar-refractivity contribution in [1.82, 2.24) is 5.32 Å². The molecule has 0 bridgehead atoms. The van der Waals surface area contributed by atoms with Crippen LogP contribution in [0.15, 0.2) is 35.2 Å². The minimum absolute atomic E-state index is 0.130. The number of benzene rings is 1. The van der Waals surface area contributed by atoms with Gasteiger partial charge in [0.1, 0.15) is 12.5 Å². The van der Waals surface area contributed by atoms with Gasteiger partial charge in [0.2, 0.25) is 5.91 Å². The van der Waals surface area contributed by atoms with Crippen LogP contribution in [0.2, 0.25) is 0 Å². The van der Waals surface area contributed by atoms with Gasteiger partial charge in [-0.3, -0.25) is 9.59 Å². The topological polar surface area (TPSA) is 104 Å². The molecule has 7 heteroatoms. The zero-order valence-electron chi connectivity index (χ0n) is 9.91. The van der Waals surface area contributed by atoms with Gasteiger partial charge in [0.25, 0.3) is 0 Å². The molecule has 0 aliphatic rings. The fourth-order valence-corrected chi connectivity index (χ4v) is 2.19. The molecule has 6 nitrogen and oxygen atoms in total. The fraction of sp³-hybridized carbons (Fsp3) is 0.250. The zero-order chi connectivity index (χ0) is 14.3. The van der Waals surface area contributed by atoms with Crippen LogP contribution >= 0.6 is 11.8 Å². The van der Waals surface area contributed by atoms with Gasteiger partial charge in [0.15, 0.2) is 0 Å². The van der Waals surface area contributed by atoms with E-state index in [1.807, 2.05) is 30.3 Å². The number of hydrogen-bond acceptors (Lipinski definition) is 4. The molecular weight excluding hydrogens is 270 g/mol. The van der Waals surface area contributed by atoms with E-state index in [4.69, 9.17) is 10.2 Å². The molecule has 0 radical (unpaired) electrons. The molecule has 0 saturated carbocycles. The Hall–Kier alpha value is -2.02. The second-order valence-electron chi connectivity index (χ2n) is 3.65. The summed E-state index contributed by atoms with van der Waals surface area (Å²) in [6, 6.07) is 8.01. The van der Waals surface area contributed by atoms with Crippen molar-refractivity contribution in [3.05, 3.63) is 30.3 Å². The standard InChI is InChI=1S/C12H13NO5S/c14-10(6-11(15)16)13-9(12(17)18)7-19-8-4-2-1-3-5-8/h1-5,9H,6-7H2,(H,13,14)(H,15,16)(H,17,18). The zero-order valence-corrected chi connectivity index (χ0v) is 10.7. The summed E-state index contributed by atoms with van der Waals surface area (Å²) in [6.45, 7) is 0. The van der Waals surface area contributed by atoms with Crippen molar-refractivity contribution in [2.24, 2.45) is 0 Å². The first-order valence-electron chi connectivity index (χ1n) is 5.41. The highest BCUT2D eigenvalue weighted by atomic mass is 32.2. The van der Waals surface area contributed by atoms with Gasteiger partial charge >= 0.3 is 11.9 Å². The van der Waals surface area contributed by atoms with Crippen LogP contribution in [0.1, 0.15) is 6.42 Å². The number of carbonyl (C=O) groups excluding carboxylic acids is 1. The predicted molar refractivity (Wildman–Crippen MR) is 69.0 cm³/mol. The second kappa shape index (κ2) is 7.42. The number of carbonyl (C=O) groups is 3. The summed E-state index contributed by atoms with van der Waals surface area (Å²) in [5, 5.41) is 19.6. The minimum Gasteiger partial charge on any atom is -0.481 e. The molecule has 19 heavy (non-hydrogen) atoms. The molecule has 0 saturated heterocycles. The van der Waals surface area contributed by atoms with E-state index in [-0.39, 0.29) is 5.75 Å². The predicted octanol–water partition coefficient (Wildman–Crippen LogP) is 0.823. The molecule has 1 aromatic carbocycles. The number of carboxylic acids is 2. The Bertz CT molecular complexity index is 462. The normalized spacial score (nSPS) is 11.6. The largest absolute Gasteiger partial charge is 0.481 e. The van der Waals surface area contributed by atoms with Crippen LogP contribution < -0.4 is 5.32 Å². The Balaban J connectivity index is 2.51. The van der Waals surface area contributed by atoms with Crippen molar-refractivity contribution in [2.45, 2.75) is 17.4 Å². The molecule has 0 aliphatic heterocycles. The lowest BCUT2D eigenvalue weighted by molar-refractivity contribution is -0.144. The highest BCUT2D eigenvalue weighted by molar-refractivity contribution is 7.99. The van der Waals surface area contributed by atoms with Gasteiger partial charge in [-0.15, -0.1) is 11.8 Å². The van der Waals surface area contributed by atoms with E-state index in [0.717, 1.165) is 4.90 Å². The highest BCUT2D eigenvalue weighted by Crippen LogP contribution is 2.17. The average molecular weight is 283 g/mol. The summed E-state index contributed by atoms with van der Waals surface area (Å²) in [6.07, 6.45) is -0.736. The van der Waals surface area contributed by atoms with Crippen LogP contribution in [0.3, 0.4) is 0 Å². The quantitative estimate of drug-likeness (QED) is 0.505. The average Bonchev–Trinajstić information content (AvgIpc) is 2.34. The highest BCUT2D eigenvalue weighted by Gasteiger charge is 2.21. The minimum atomic E-state index is -1.29. The van der Waals surface area contributed by atoms with E-state index in [1.54, 1.807) is 0 Å². The third-order valence-electron chi connectivity index (χ3n) is 2.10. The van der Waals surface area contributed by atoms with Crippen LogP contribution in [0.5, 0.6) is 0 Å². The molecule has 0 heterocycles. The molecule has 102 valence electrons. The van der Waals surface area contributed by atoms with E-state index >= 15 is 0 Å². The number of amides is 1. The number of rotatable bonds is 7. The summed E-state index contributed by atoms with van der Waals surface area (Å²) in [4.78, 5) is 33.4. The summed E-state index contributed by atoms with van der Waals surface area (Å²) < 4.78 is 0. The molecule has 1 aromatic rings. The van der Waals surface area contributed by atoms with E-state index in [9.17, 15) is 14.4 Å². The van der Waals surface area contributed by atoms with Crippen molar-refractivity contribution in [2.75, 3.05) is 5.75 Å².